The molecule has 1 saturated heterocycles. The van der Waals surface area contributed by atoms with Crippen molar-refractivity contribution in [3.63, 3.8) is 0 Å². The SMILES string of the molecule is CCNC(=NCCCN1CCN(C)CC1c1ccccc1)NC1CC1.I. The number of piperazine rings is 1. The van der Waals surface area contributed by atoms with E-state index in [0.29, 0.717) is 12.1 Å². The van der Waals surface area contributed by atoms with Gasteiger partial charge in [-0.2, -0.15) is 0 Å². The molecular weight excluding hydrogens is 437 g/mol. The molecule has 1 aromatic carbocycles. The molecule has 26 heavy (non-hydrogen) atoms. The fourth-order valence-corrected chi connectivity index (χ4v) is 3.42. The topological polar surface area (TPSA) is 42.9 Å². The summed E-state index contributed by atoms with van der Waals surface area (Å²) in [5, 5.41) is 6.84. The van der Waals surface area contributed by atoms with Gasteiger partial charge in [-0.25, -0.2) is 0 Å². The van der Waals surface area contributed by atoms with Gasteiger partial charge in [0.05, 0.1) is 0 Å². The van der Waals surface area contributed by atoms with Crippen LogP contribution in [0.3, 0.4) is 0 Å². The minimum absolute atomic E-state index is 0. The molecule has 1 aromatic rings. The summed E-state index contributed by atoms with van der Waals surface area (Å²) < 4.78 is 0. The van der Waals surface area contributed by atoms with Crippen LogP contribution in [0.1, 0.15) is 37.8 Å². The number of halogens is 1. The second-order valence-electron chi connectivity index (χ2n) is 7.26. The summed E-state index contributed by atoms with van der Waals surface area (Å²) in [7, 11) is 2.23. The number of hydrogen-bond donors (Lipinski definition) is 2. The van der Waals surface area contributed by atoms with E-state index in [1.54, 1.807) is 0 Å². The second-order valence-corrected chi connectivity index (χ2v) is 7.26. The fraction of sp³-hybridized carbons (Fsp3) is 0.650. The van der Waals surface area contributed by atoms with Crippen molar-refractivity contribution < 1.29 is 0 Å². The molecule has 0 bridgehead atoms. The number of nitrogens with one attached hydrogen (secondary N) is 2. The van der Waals surface area contributed by atoms with E-state index in [-0.39, 0.29) is 24.0 Å². The van der Waals surface area contributed by atoms with Gasteiger partial charge in [0, 0.05) is 51.4 Å². The van der Waals surface area contributed by atoms with Crippen LogP contribution in [-0.4, -0.2) is 68.1 Å². The lowest BCUT2D eigenvalue weighted by molar-refractivity contribution is 0.0894. The first-order valence-electron chi connectivity index (χ1n) is 9.78. The Morgan fingerprint density at radius 2 is 1.96 bits per heavy atom. The Labute approximate surface area is 175 Å². The second kappa shape index (κ2) is 11.1. The van der Waals surface area contributed by atoms with Gasteiger partial charge in [-0.3, -0.25) is 9.89 Å². The van der Waals surface area contributed by atoms with Gasteiger partial charge in [0.1, 0.15) is 0 Å². The van der Waals surface area contributed by atoms with Crippen LogP contribution < -0.4 is 10.6 Å². The predicted molar refractivity (Wildman–Crippen MR) is 120 cm³/mol. The van der Waals surface area contributed by atoms with Crippen molar-refractivity contribution in [3.8, 4) is 0 Å². The minimum Gasteiger partial charge on any atom is -0.357 e. The molecule has 1 aliphatic heterocycles. The number of nitrogens with zero attached hydrogens (tertiary/aromatic N) is 3. The highest BCUT2D eigenvalue weighted by atomic mass is 127. The Bertz CT molecular complexity index is 546. The molecule has 0 radical (unpaired) electrons. The molecule has 1 unspecified atom stereocenters. The van der Waals surface area contributed by atoms with Crippen molar-refractivity contribution in [1.29, 1.82) is 0 Å². The molecule has 146 valence electrons. The molecular formula is C20H34IN5. The van der Waals surface area contributed by atoms with Crippen molar-refractivity contribution >= 4 is 29.9 Å². The molecule has 2 N–H and O–H groups in total. The number of hydrogen-bond acceptors (Lipinski definition) is 3. The summed E-state index contributed by atoms with van der Waals surface area (Å²) >= 11 is 0. The first-order chi connectivity index (χ1) is 12.3. The number of guanidine groups is 1. The van der Waals surface area contributed by atoms with Crippen LogP contribution in [0, 0.1) is 0 Å². The van der Waals surface area contributed by atoms with Gasteiger partial charge in [0.15, 0.2) is 5.96 Å². The molecule has 0 amide bonds. The molecule has 1 heterocycles. The first-order valence-corrected chi connectivity index (χ1v) is 9.78. The average molecular weight is 471 g/mol. The maximum absolute atomic E-state index is 4.75. The molecule has 5 nitrogen and oxygen atoms in total. The van der Waals surface area contributed by atoms with Crippen molar-refractivity contribution in [1.82, 2.24) is 20.4 Å². The van der Waals surface area contributed by atoms with Crippen LogP contribution in [-0.2, 0) is 0 Å². The van der Waals surface area contributed by atoms with Gasteiger partial charge in [-0.05, 0) is 38.8 Å². The van der Waals surface area contributed by atoms with Gasteiger partial charge in [0.2, 0.25) is 0 Å². The Morgan fingerprint density at radius 3 is 2.65 bits per heavy atom. The van der Waals surface area contributed by atoms with E-state index in [1.807, 2.05) is 0 Å². The fourth-order valence-electron chi connectivity index (χ4n) is 3.42. The van der Waals surface area contributed by atoms with Crippen LogP contribution >= 0.6 is 24.0 Å². The summed E-state index contributed by atoms with van der Waals surface area (Å²) in [5.74, 6) is 0.989. The van der Waals surface area contributed by atoms with Crippen molar-refractivity contribution in [2.24, 2.45) is 4.99 Å². The summed E-state index contributed by atoms with van der Waals surface area (Å²) in [5.41, 5.74) is 1.43. The van der Waals surface area contributed by atoms with Gasteiger partial charge in [0.25, 0.3) is 0 Å². The molecule has 1 saturated carbocycles. The van der Waals surface area contributed by atoms with Crippen LogP contribution in [0.25, 0.3) is 0 Å². The smallest absolute Gasteiger partial charge is 0.191 e. The normalized spacial score (nSPS) is 21.9. The first kappa shape index (κ1) is 21.4. The summed E-state index contributed by atoms with van der Waals surface area (Å²) in [6.07, 6.45) is 3.67. The van der Waals surface area contributed by atoms with E-state index in [0.717, 1.165) is 51.6 Å². The zero-order valence-corrected chi connectivity index (χ0v) is 18.5. The highest BCUT2D eigenvalue weighted by molar-refractivity contribution is 14.0. The third kappa shape index (κ3) is 6.70. The molecule has 3 rings (SSSR count). The lowest BCUT2D eigenvalue weighted by atomic mass is 10.0. The van der Waals surface area contributed by atoms with E-state index < -0.39 is 0 Å². The maximum Gasteiger partial charge on any atom is 0.191 e. The van der Waals surface area contributed by atoms with E-state index in [4.69, 9.17) is 4.99 Å². The molecule has 1 atom stereocenters. The van der Waals surface area contributed by atoms with E-state index >= 15 is 0 Å². The number of rotatable bonds is 7. The minimum atomic E-state index is 0. The van der Waals surface area contributed by atoms with Crippen LogP contribution in [0.15, 0.2) is 35.3 Å². The zero-order chi connectivity index (χ0) is 17.5. The maximum atomic E-state index is 4.75. The largest absolute Gasteiger partial charge is 0.357 e. The third-order valence-corrected chi connectivity index (χ3v) is 5.01. The summed E-state index contributed by atoms with van der Waals surface area (Å²) in [6, 6.07) is 12.1. The van der Waals surface area contributed by atoms with Gasteiger partial charge in [-0.1, -0.05) is 30.3 Å². The van der Waals surface area contributed by atoms with Gasteiger partial charge >= 0.3 is 0 Å². The van der Waals surface area contributed by atoms with E-state index in [1.165, 1.54) is 18.4 Å². The van der Waals surface area contributed by atoms with Crippen molar-refractivity contribution in [2.75, 3.05) is 46.3 Å². The standard InChI is InChI=1S/C20H33N5.HI/c1-3-21-20(23-18-10-11-18)22-12-7-13-25-15-14-24(2)16-19(25)17-8-5-4-6-9-17;/h4-6,8-9,18-19H,3,7,10-16H2,1-2H3,(H2,21,22,23);1H. The van der Waals surface area contributed by atoms with Gasteiger partial charge in [-0.15, -0.1) is 24.0 Å². The quantitative estimate of drug-likeness (QED) is 0.278. The number of likely N-dealkylation sites (N-methyl/N-ethyl adjacent to an activating group) is 1. The lowest BCUT2D eigenvalue weighted by Gasteiger charge is -2.40. The predicted octanol–water partition coefficient (Wildman–Crippen LogP) is 2.70. The summed E-state index contributed by atoms with van der Waals surface area (Å²) in [6.45, 7) is 8.44. The molecule has 2 aliphatic rings. The highest BCUT2D eigenvalue weighted by Crippen LogP contribution is 2.24. The number of aliphatic imine (C=N–C) groups is 1. The van der Waals surface area contributed by atoms with E-state index in [9.17, 15) is 0 Å². The van der Waals surface area contributed by atoms with Crippen LogP contribution in [0.4, 0.5) is 0 Å². The monoisotopic (exact) mass is 471 g/mol. The lowest BCUT2D eigenvalue weighted by Crippen LogP contribution is -2.47. The third-order valence-electron chi connectivity index (χ3n) is 5.01. The van der Waals surface area contributed by atoms with Crippen molar-refractivity contribution in [3.05, 3.63) is 35.9 Å². The molecule has 6 heteroatoms. The Morgan fingerprint density at radius 1 is 1.19 bits per heavy atom. The summed E-state index contributed by atoms with van der Waals surface area (Å²) in [4.78, 5) is 9.82. The average Bonchev–Trinajstić information content (AvgIpc) is 3.44. The molecule has 0 aromatic heterocycles. The Kier molecular flexibility index (Phi) is 9.15. The van der Waals surface area contributed by atoms with Crippen molar-refractivity contribution in [2.45, 2.75) is 38.3 Å². The molecule has 0 spiro atoms. The molecule has 2 fully saturated rings. The van der Waals surface area contributed by atoms with Crippen LogP contribution in [0.2, 0.25) is 0 Å². The van der Waals surface area contributed by atoms with E-state index in [2.05, 4.69) is 64.7 Å². The molecule has 1 aliphatic carbocycles. The van der Waals surface area contributed by atoms with Gasteiger partial charge < -0.3 is 15.5 Å². The Hall–Kier alpha value is -0.860. The Balaban J connectivity index is 0.00000243. The number of benzene rings is 1. The zero-order valence-electron chi connectivity index (χ0n) is 16.2. The van der Waals surface area contributed by atoms with Crippen LogP contribution in [0.5, 0.6) is 0 Å². The highest BCUT2D eigenvalue weighted by Gasteiger charge is 2.26.